The monoisotopic (exact) mass is 212 g/mol. The summed E-state index contributed by atoms with van der Waals surface area (Å²) in [6.07, 6.45) is 0.864. The third-order valence-corrected chi connectivity index (χ3v) is 2.53. The van der Waals surface area contributed by atoms with Gasteiger partial charge in [0.1, 0.15) is 0 Å². The van der Waals surface area contributed by atoms with Crippen LogP contribution in [0, 0.1) is 0 Å². The predicted molar refractivity (Wildman–Crippen MR) is 65.5 cm³/mol. The zero-order valence-electron chi connectivity index (χ0n) is 8.88. The summed E-state index contributed by atoms with van der Waals surface area (Å²) in [7, 11) is -1.38. The van der Waals surface area contributed by atoms with E-state index in [1.807, 2.05) is 30.3 Å². The lowest BCUT2D eigenvalue weighted by Gasteiger charge is -2.03. The van der Waals surface area contributed by atoms with Crippen molar-refractivity contribution in [2.75, 3.05) is 0 Å². The Morgan fingerprint density at radius 3 is 1.88 bits per heavy atom. The first-order chi connectivity index (χ1) is 7.75. The van der Waals surface area contributed by atoms with Gasteiger partial charge in [0.15, 0.2) is 0 Å². The molecule has 0 unspecified atom stereocenters. The van der Waals surface area contributed by atoms with E-state index in [9.17, 15) is 0 Å². The normalized spacial score (nSPS) is 10.1. The van der Waals surface area contributed by atoms with E-state index in [1.165, 1.54) is 5.56 Å². The third kappa shape index (κ3) is 2.72. The van der Waals surface area contributed by atoms with Gasteiger partial charge >= 0.3 is 7.12 Å². The number of hydrogen-bond donors (Lipinski definition) is 2. The lowest BCUT2D eigenvalue weighted by molar-refractivity contribution is 0.426. The van der Waals surface area contributed by atoms with Gasteiger partial charge in [0.2, 0.25) is 0 Å². The third-order valence-electron chi connectivity index (χ3n) is 2.53. The van der Waals surface area contributed by atoms with Crippen LogP contribution in [-0.2, 0) is 6.42 Å². The van der Waals surface area contributed by atoms with E-state index in [0.29, 0.717) is 5.46 Å². The average Bonchev–Trinajstić information content (AvgIpc) is 2.31. The largest absolute Gasteiger partial charge is 0.488 e. The smallest absolute Gasteiger partial charge is 0.423 e. The van der Waals surface area contributed by atoms with Crippen molar-refractivity contribution in [2.45, 2.75) is 6.42 Å². The van der Waals surface area contributed by atoms with Crippen LogP contribution in [0.25, 0.3) is 0 Å². The van der Waals surface area contributed by atoms with Crippen molar-refractivity contribution >= 4 is 12.6 Å². The highest BCUT2D eigenvalue weighted by Gasteiger charge is 2.09. The molecule has 2 nitrogen and oxygen atoms in total. The Bertz CT molecular complexity index is 437. The van der Waals surface area contributed by atoms with Crippen molar-refractivity contribution in [1.82, 2.24) is 0 Å². The van der Waals surface area contributed by atoms with Crippen LogP contribution >= 0.6 is 0 Å². The number of rotatable bonds is 3. The Balaban J connectivity index is 2.11. The van der Waals surface area contributed by atoms with E-state index in [-0.39, 0.29) is 0 Å². The van der Waals surface area contributed by atoms with Crippen LogP contribution in [0.4, 0.5) is 0 Å². The molecule has 2 aromatic carbocycles. The second kappa shape index (κ2) is 4.97. The molecule has 0 aliphatic rings. The van der Waals surface area contributed by atoms with Gasteiger partial charge in [-0.15, -0.1) is 0 Å². The molecule has 0 fully saturated rings. The molecule has 0 bridgehead atoms. The standard InChI is InChI=1S/C13H13BO2/c15-14(16)13-8-6-12(7-9-13)10-11-4-2-1-3-5-11/h1-9,15-16H,10H2. The summed E-state index contributed by atoms with van der Waals surface area (Å²) in [5.74, 6) is 0. The molecule has 0 aromatic heterocycles. The first-order valence-corrected chi connectivity index (χ1v) is 5.24. The van der Waals surface area contributed by atoms with Crippen LogP contribution in [0.15, 0.2) is 54.6 Å². The maximum Gasteiger partial charge on any atom is 0.488 e. The molecule has 0 amide bonds. The van der Waals surface area contributed by atoms with E-state index < -0.39 is 7.12 Å². The minimum Gasteiger partial charge on any atom is -0.423 e. The number of benzene rings is 2. The molecular formula is C13H13BO2. The molecule has 2 N–H and O–H groups in total. The molecule has 2 rings (SSSR count). The second-order valence-corrected chi connectivity index (χ2v) is 3.78. The van der Waals surface area contributed by atoms with E-state index in [1.54, 1.807) is 12.1 Å². The van der Waals surface area contributed by atoms with Gasteiger partial charge in [0.25, 0.3) is 0 Å². The predicted octanol–water partition coefficient (Wildman–Crippen LogP) is 0.957. The average molecular weight is 212 g/mol. The molecule has 0 radical (unpaired) electrons. The molecule has 0 aliphatic heterocycles. The lowest BCUT2D eigenvalue weighted by atomic mass is 9.80. The molecule has 0 saturated carbocycles. The van der Waals surface area contributed by atoms with Crippen LogP contribution < -0.4 is 5.46 Å². The molecule has 0 spiro atoms. The molecule has 0 atom stereocenters. The van der Waals surface area contributed by atoms with Crippen molar-refractivity contribution in [3.8, 4) is 0 Å². The van der Waals surface area contributed by atoms with Crippen molar-refractivity contribution in [1.29, 1.82) is 0 Å². The van der Waals surface area contributed by atoms with Crippen LogP contribution in [0.1, 0.15) is 11.1 Å². The molecule has 80 valence electrons. The highest BCUT2D eigenvalue weighted by Crippen LogP contribution is 2.07. The minimum atomic E-state index is -1.38. The Hall–Kier alpha value is -1.58. The van der Waals surface area contributed by atoms with Gasteiger partial charge in [0, 0.05) is 0 Å². The van der Waals surface area contributed by atoms with Crippen molar-refractivity contribution in [3.05, 3.63) is 65.7 Å². The molecule has 3 heteroatoms. The Morgan fingerprint density at radius 2 is 1.31 bits per heavy atom. The van der Waals surface area contributed by atoms with E-state index >= 15 is 0 Å². The summed E-state index contributed by atoms with van der Waals surface area (Å²) >= 11 is 0. The zero-order valence-corrected chi connectivity index (χ0v) is 8.88. The zero-order chi connectivity index (χ0) is 11.4. The summed E-state index contributed by atoms with van der Waals surface area (Å²) < 4.78 is 0. The summed E-state index contributed by atoms with van der Waals surface area (Å²) in [5, 5.41) is 17.9. The minimum absolute atomic E-state index is 0.525. The van der Waals surface area contributed by atoms with Gasteiger partial charge in [-0.1, -0.05) is 54.6 Å². The van der Waals surface area contributed by atoms with Gasteiger partial charge in [-0.3, -0.25) is 0 Å². The Kier molecular flexibility index (Phi) is 3.39. The van der Waals surface area contributed by atoms with Crippen LogP contribution in [-0.4, -0.2) is 17.2 Å². The Morgan fingerprint density at radius 1 is 0.750 bits per heavy atom. The molecule has 2 aromatic rings. The molecule has 16 heavy (non-hydrogen) atoms. The SMILES string of the molecule is OB(O)c1ccc(Cc2ccccc2)cc1. The van der Waals surface area contributed by atoms with Crippen LogP contribution in [0.3, 0.4) is 0 Å². The summed E-state index contributed by atoms with van der Waals surface area (Å²) in [5.41, 5.74) is 2.94. The Labute approximate surface area is 95.3 Å². The summed E-state index contributed by atoms with van der Waals surface area (Å²) in [4.78, 5) is 0. The fourth-order valence-electron chi connectivity index (χ4n) is 1.64. The maximum atomic E-state index is 8.96. The highest BCUT2D eigenvalue weighted by atomic mass is 16.4. The number of hydrogen-bond acceptors (Lipinski definition) is 2. The molecular weight excluding hydrogens is 199 g/mol. The van der Waals surface area contributed by atoms with E-state index in [4.69, 9.17) is 10.0 Å². The summed E-state index contributed by atoms with van der Waals surface area (Å²) in [6.45, 7) is 0. The van der Waals surface area contributed by atoms with Crippen LogP contribution in [0.2, 0.25) is 0 Å². The first-order valence-electron chi connectivity index (χ1n) is 5.24. The van der Waals surface area contributed by atoms with E-state index in [0.717, 1.165) is 12.0 Å². The maximum absolute atomic E-state index is 8.96. The van der Waals surface area contributed by atoms with Gasteiger partial charge in [0.05, 0.1) is 0 Å². The molecule has 0 aliphatic carbocycles. The fourth-order valence-corrected chi connectivity index (χ4v) is 1.64. The fraction of sp³-hybridized carbons (Fsp3) is 0.0769. The first kappa shape index (κ1) is 10.9. The van der Waals surface area contributed by atoms with Gasteiger partial charge in [-0.2, -0.15) is 0 Å². The second-order valence-electron chi connectivity index (χ2n) is 3.78. The van der Waals surface area contributed by atoms with E-state index in [2.05, 4.69) is 12.1 Å². The molecule has 0 heterocycles. The van der Waals surface area contributed by atoms with Crippen LogP contribution in [0.5, 0.6) is 0 Å². The highest BCUT2D eigenvalue weighted by molar-refractivity contribution is 6.58. The molecule has 0 saturated heterocycles. The van der Waals surface area contributed by atoms with Gasteiger partial charge in [-0.25, -0.2) is 0 Å². The summed E-state index contributed by atoms with van der Waals surface area (Å²) in [6, 6.07) is 17.5. The lowest BCUT2D eigenvalue weighted by Crippen LogP contribution is -2.29. The van der Waals surface area contributed by atoms with Crippen molar-refractivity contribution < 1.29 is 10.0 Å². The topological polar surface area (TPSA) is 40.5 Å². The van der Waals surface area contributed by atoms with Gasteiger partial charge in [-0.05, 0) is 23.0 Å². The van der Waals surface area contributed by atoms with Crippen molar-refractivity contribution in [2.24, 2.45) is 0 Å². The van der Waals surface area contributed by atoms with Crippen molar-refractivity contribution in [3.63, 3.8) is 0 Å². The quantitative estimate of drug-likeness (QED) is 0.744. The van der Waals surface area contributed by atoms with Gasteiger partial charge < -0.3 is 10.0 Å².